The van der Waals surface area contributed by atoms with Crippen molar-refractivity contribution < 1.29 is 9.59 Å². The van der Waals surface area contributed by atoms with Crippen LogP contribution in [-0.4, -0.2) is 45.7 Å². The lowest BCUT2D eigenvalue weighted by Gasteiger charge is -2.30. The molecule has 1 heterocycles. The van der Waals surface area contributed by atoms with E-state index < -0.39 is 0 Å². The molecule has 0 aliphatic heterocycles. The van der Waals surface area contributed by atoms with E-state index in [4.69, 9.17) is 0 Å². The molecule has 5 heteroatoms. The van der Waals surface area contributed by atoms with Gasteiger partial charge in [0.2, 0.25) is 11.8 Å². The molecule has 0 bridgehead atoms. The molecule has 0 unspecified atom stereocenters. The monoisotopic (exact) mass is 523 g/mol. The maximum Gasteiger partial charge on any atom is 0.242 e. The van der Waals surface area contributed by atoms with E-state index in [0.29, 0.717) is 13.1 Å². The lowest BCUT2D eigenvalue weighted by molar-refractivity contribution is -0.142. The molecule has 0 saturated heterocycles. The number of rotatable bonds is 10. The second kappa shape index (κ2) is 12.3. The summed E-state index contributed by atoms with van der Waals surface area (Å²) in [6.45, 7) is 11.7. The molecule has 0 radical (unpaired) electrons. The van der Waals surface area contributed by atoms with Gasteiger partial charge in [-0.3, -0.25) is 9.59 Å². The second-order valence-electron chi connectivity index (χ2n) is 11.6. The molecule has 3 aromatic carbocycles. The number of H-pyrrole nitrogens is 1. The molecule has 4 rings (SSSR count). The molecule has 2 amide bonds. The normalized spacial score (nSPS) is 11.6. The molecular formula is C34H41N3O2. The Morgan fingerprint density at radius 3 is 2.15 bits per heavy atom. The van der Waals surface area contributed by atoms with Crippen molar-refractivity contribution in [1.29, 1.82) is 0 Å². The van der Waals surface area contributed by atoms with Gasteiger partial charge in [0.25, 0.3) is 0 Å². The summed E-state index contributed by atoms with van der Waals surface area (Å²) < 4.78 is 0. The number of hydrogen-bond acceptors (Lipinski definition) is 2. The van der Waals surface area contributed by atoms with E-state index in [2.05, 4.69) is 62.2 Å². The van der Waals surface area contributed by atoms with E-state index >= 15 is 0 Å². The third-order valence-corrected chi connectivity index (χ3v) is 7.32. The van der Waals surface area contributed by atoms with Crippen LogP contribution in [0.25, 0.3) is 10.9 Å². The van der Waals surface area contributed by atoms with Crippen LogP contribution >= 0.6 is 0 Å². The lowest BCUT2D eigenvalue weighted by atomic mass is 9.87. The summed E-state index contributed by atoms with van der Waals surface area (Å²) in [4.78, 5) is 34.0. The fraction of sp³-hybridized carbons (Fsp3) is 0.353. The quantitative estimate of drug-likeness (QED) is 0.257. The van der Waals surface area contributed by atoms with Gasteiger partial charge in [0.1, 0.15) is 0 Å². The van der Waals surface area contributed by atoms with Crippen molar-refractivity contribution in [2.75, 3.05) is 13.1 Å². The fourth-order valence-electron chi connectivity index (χ4n) is 4.89. The van der Waals surface area contributed by atoms with Crippen molar-refractivity contribution in [2.24, 2.45) is 0 Å². The molecule has 1 N–H and O–H groups in total. The Balaban J connectivity index is 1.53. The number of para-hydroxylation sites is 1. The van der Waals surface area contributed by atoms with Gasteiger partial charge >= 0.3 is 0 Å². The summed E-state index contributed by atoms with van der Waals surface area (Å²) in [5, 5.41) is 1.18. The Morgan fingerprint density at radius 2 is 1.49 bits per heavy atom. The molecule has 204 valence electrons. The van der Waals surface area contributed by atoms with Crippen molar-refractivity contribution in [2.45, 2.75) is 65.5 Å². The molecule has 0 aliphatic rings. The number of carbonyl (C=O) groups excluding carboxylic acids is 2. The van der Waals surface area contributed by atoms with E-state index in [-0.39, 0.29) is 36.2 Å². The zero-order valence-corrected chi connectivity index (χ0v) is 23.9. The zero-order chi connectivity index (χ0) is 28.0. The standard InChI is InChI=1S/C34H41N3O2/c1-25(2)37(32(38)21-26-11-7-6-8-12-26)24-33(39)36(23-27-15-17-29(18-16-27)34(3,4)5)20-19-28-22-35-31-14-10-9-13-30(28)31/h6-18,22,25,35H,19-21,23-24H2,1-5H3. The first kappa shape index (κ1) is 28.2. The second-order valence-corrected chi connectivity index (χ2v) is 11.6. The highest BCUT2D eigenvalue weighted by Gasteiger charge is 2.24. The molecule has 0 atom stereocenters. The molecule has 0 fully saturated rings. The highest BCUT2D eigenvalue weighted by atomic mass is 16.2. The van der Waals surface area contributed by atoms with Crippen molar-refractivity contribution >= 4 is 22.7 Å². The largest absolute Gasteiger partial charge is 0.361 e. The Bertz CT molecular complexity index is 1380. The van der Waals surface area contributed by atoms with Crippen molar-refractivity contribution in [3.63, 3.8) is 0 Å². The average molecular weight is 524 g/mol. The molecule has 5 nitrogen and oxygen atoms in total. The smallest absolute Gasteiger partial charge is 0.242 e. The maximum atomic E-state index is 13.8. The fourth-order valence-corrected chi connectivity index (χ4v) is 4.89. The van der Waals surface area contributed by atoms with Crippen LogP contribution in [0.15, 0.2) is 85.1 Å². The van der Waals surface area contributed by atoms with E-state index in [1.54, 1.807) is 4.90 Å². The van der Waals surface area contributed by atoms with Crippen LogP contribution < -0.4 is 0 Å². The Kier molecular flexibility index (Phi) is 8.90. The minimum atomic E-state index is -0.0771. The van der Waals surface area contributed by atoms with Gasteiger partial charge in [0.05, 0.1) is 13.0 Å². The van der Waals surface area contributed by atoms with Crippen molar-refractivity contribution in [3.05, 3.63) is 107 Å². The predicted octanol–water partition coefficient (Wildman–Crippen LogP) is 6.52. The highest BCUT2D eigenvalue weighted by molar-refractivity contribution is 5.86. The number of nitrogens with zero attached hydrogens (tertiary/aromatic N) is 2. The summed E-state index contributed by atoms with van der Waals surface area (Å²) in [6, 6.07) is 26.4. The van der Waals surface area contributed by atoms with Crippen LogP contribution in [0.4, 0.5) is 0 Å². The first-order chi connectivity index (χ1) is 18.6. The van der Waals surface area contributed by atoms with Gasteiger partial charge in [-0.05, 0) is 54.0 Å². The third-order valence-electron chi connectivity index (χ3n) is 7.32. The Morgan fingerprint density at radius 1 is 0.821 bits per heavy atom. The number of benzene rings is 3. The minimum absolute atomic E-state index is 0.0318. The van der Waals surface area contributed by atoms with Gasteiger partial charge in [0, 0.05) is 36.2 Å². The number of amides is 2. The Labute approximate surface area is 232 Å². The van der Waals surface area contributed by atoms with E-state index in [0.717, 1.165) is 23.1 Å². The number of nitrogens with one attached hydrogen (secondary N) is 1. The van der Waals surface area contributed by atoms with Crippen LogP contribution in [0.3, 0.4) is 0 Å². The van der Waals surface area contributed by atoms with Gasteiger partial charge in [-0.1, -0.05) is 93.6 Å². The molecule has 4 aromatic rings. The van der Waals surface area contributed by atoms with E-state index in [1.165, 1.54) is 16.5 Å². The summed E-state index contributed by atoms with van der Waals surface area (Å²) in [5.74, 6) is -0.0690. The van der Waals surface area contributed by atoms with Crippen LogP contribution in [0.1, 0.15) is 56.9 Å². The van der Waals surface area contributed by atoms with Gasteiger partial charge in [0.15, 0.2) is 0 Å². The SMILES string of the molecule is CC(C)N(CC(=O)N(CCc1c[nH]c2ccccc12)Cc1ccc(C(C)(C)C)cc1)C(=O)Cc1ccccc1. The molecule has 1 aromatic heterocycles. The predicted molar refractivity (Wildman–Crippen MR) is 160 cm³/mol. The molecule has 0 aliphatic carbocycles. The first-order valence-corrected chi connectivity index (χ1v) is 13.9. The van der Waals surface area contributed by atoms with Gasteiger partial charge in [-0.2, -0.15) is 0 Å². The average Bonchev–Trinajstić information content (AvgIpc) is 3.32. The minimum Gasteiger partial charge on any atom is -0.361 e. The number of carbonyl (C=O) groups is 2. The summed E-state index contributed by atoms with van der Waals surface area (Å²) in [6.07, 6.45) is 3.06. The Hall–Kier alpha value is -3.86. The van der Waals surface area contributed by atoms with Crippen LogP contribution in [0.5, 0.6) is 0 Å². The van der Waals surface area contributed by atoms with Crippen molar-refractivity contribution in [1.82, 2.24) is 14.8 Å². The first-order valence-electron chi connectivity index (χ1n) is 13.9. The topological polar surface area (TPSA) is 56.4 Å². The van der Waals surface area contributed by atoms with Gasteiger partial charge in [-0.25, -0.2) is 0 Å². The lowest BCUT2D eigenvalue weighted by Crippen LogP contribution is -2.46. The number of hydrogen-bond donors (Lipinski definition) is 1. The summed E-state index contributed by atoms with van der Waals surface area (Å²) in [7, 11) is 0. The summed E-state index contributed by atoms with van der Waals surface area (Å²) in [5.41, 5.74) is 5.66. The van der Waals surface area contributed by atoms with Crippen LogP contribution in [0.2, 0.25) is 0 Å². The van der Waals surface area contributed by atoms with Gasteiger partial charge < -0.3 is 14.8 Å². The highest BCUT2D eigenvalue weighted by Crippen LogP contribution is 2.23. The molecular weight excluding hydrogens is 482 g/mol. The van der Waals surface area contributed by atoms with Crippen LogP contribution in [0, 0.1) is 0 Å². The molecule has 0 spiro atoms. The maximum absolute atomic E-state index is 13.8. The van der Waals surface area contributed by atoms with Crippen molar-refractivity contribution in [3.8, 4) is 0 Å². The third kappa shape index (κ3) is 7.38. The number of aromatic nitrogens is 1. The van der Waals surface area contributed by atoms with Crippen LogP contribution in [-0.2, 0) is 34.4 Å². The number of aromatic amines is 1. The molecule has 0 saturated carbocycles. The van der Waals surface area contributed by atoms with E-state index in [9.17, 15) is 9.59 Å². The summed E-state index contributed by atoms with van der Waals surface area (Å²) >= 11 is 0. The van der Waals surface area contributed by atoms with Gasteiger partial charge in [-0.15, -0.1) is 0 Å². The molecule has 39 heavy (non-hydrogen) atoms. The zero-order valence-electron chi connectivity index (χ0n) is 23.9. The number of fused-ring (bicyclic) bond motifs is 1. The van der Waals surface area contributed by atoms with E-state index in [1.807, 2.05) is 67.4 Å².